The zero-order valence-corrected chi connectivity index (χ0v) is 39.1. The Kier molecular flexibility index (Phi) is 19.8. The molecule has 0 radical (unpaired) electrons. The molecular weight excluding hydrogens is 923 g/mol. The van der Waals surface area contributed by atoms with Gasteiger partial charge in [-0.1, -0.05) is 51.1 Å². The molecule has 8 N–H and O–H groups in total. The Bertz CT molecular complexity index is 2430. The fraction of sp³-hybridized carbons (Fsp3) is 0.447. The van der Waals surface area contributed by atoms with Gasteiger partial charge in [-0.05, 0) is 55.0 Å². The molecule has 1 aromatic heterocycles. The van der Waals surface area contributed by atoms with Crippen molar-refractivity contribution in [2.45, 2.75) is 110 Å². The number of aliphatic hydroxyl groups excluding tert-OH is 1. The van der Waals surface area contributed by atoms with Crippen molar-refractivity contribution >= 4 is 59.2 Å². The number of carbonyl (C=O) groups excluding carboxylic acids is 9. The van der Waals surface area contributed by atoms with E-state index in [1.165, 1.54) is 11.8 Å². The van der Waals surface area contributed by atoms with E-state index in [-0.39, 0.29) is 63.7 Å². The number of primary amides is 1. The molecule has 0 unspecified atom stereocenters. The van der Waals surface area contributed by atoms with Crippen molar-refractivity contribution in [3.63, 3.8) is 0 Å². The fourth-order valence-electron chi connectivity index (χ4n) is 7.63. The minimum Gasteiger partial charge on any atom is -0.481 e. The van der Waals surface area contributed by atoms with Crippen LogP contribution in [0.4, 0.5) is 8.78 Å². The third kappa shape index (κ3) is 16.0. The Morgan fingerprint density at radius 1 is 0.843 bits per heavy atom. The van der Waals surface area contributed by atoms with Crippen LogP contribution in [-0.2, 0) is 59.3 Å². The minimum absolute atomic E-state index is 0.0120. The largest absolute Gasteiger partial charge is 0.481 e. The lowest BCUT2D eigenvalue weighted by Gasteiger charge is -2.41. The SMILES string of the molecule is C[C@H](NC(=O)CCCC(=O)ON1C(=O)CCC1=O)C(=O)N[C@H](CC(=O)O)C(=O)N[C@@H](CC(N)=O)C(=O)NCCCN(C(=O)CO)[C@@H](c1cc(-c2cc(F)ccc2F)cn1Cc1ccccc1)C(C)(C)C. The number of amides is 8. The molecule has 0 aliphatic carbocycles. The van der Waals surface area contributed by atoms with Crippen LogP contribution < -0.4 is 27.0 Å². The average Bonchev–Trinajstić information content (AvgIpc) is 3.84. The van der Waals surface area contributed by atoms with Crippen molar-refractivity contribution in [2.75, 3.05) is 19.7 Å². The maximum Gasteiger partial charge on any atom is 0.333 e. The number of nitrogens with zero attached hydrogens (tertiary/aromatic N) is 3. The Labute approximate surface area is 401 Å². The number of imide groups is 1. The first kappa shape index (κ1) is 55.0. The Balaban J connectivity index is 1.42. The van der Waals surface area contributed by atoms with E-state index < -0.39 is 120 Å². The molecule has 1 aliphatic heterocycles. The number of benzene rings is 2. The summed E-state index contributed by atoms with van der Waals surface area (Å²) < 4.78 is 31.4. The summed E-state index contributed by atoms with van der Waals surface area (Å²) in [5.41, 5.74) is 6.33. The van der Waals surface area contributed by atoms with Crippen LogP contribution >= 0.6 is 0 Å². The highest BCUT2D eigenvalue weighted by molar-refractivity contribution is 6.01. The van der Waals surface area contributed by atoms with E-state index in [0.29, 0.717) is 16.3 Å². The van der Waals surface area contributed by atoms with E-state index in [2.05, 4.69) is 21.3 Å². The van der Waals surface area contributed by atoms with Gasteiger partial charge >= 0.3 is 11.9 Å². The molecule has 8 amide bonds. The molecule has 4 rings (SSSR count). The van der Waals surface area contributed by atoms with Gasteiger partial charge in [-0.2, -0.15) is 0 Å². The van der Waals surface area contributed by atoms with E-state index in [0.717, 1.165) is 23.8 Å². The molecule has 1 aliphatic rings. The highest BCUT2D eigenvalue weighted by atomic mass is 19.1. The summed E-state index contributed by atoms with van der Waals surface area (Å²) in [6.45, 7) is 5.90. The maximum absolute atomic E-state index is 15.1. The highest BCUT2D eigenvalue weighted by Gasteiger charge is 2.38. The van der Waals surface area contributed by atoms with Crippen LogP contribution in [0.15, 0.2) is 60.8 Å². The predicted octanol–water partition coefficient (Wildman–Crippen LogP) is 1.50. The monoisotopic (exact) mass is 980 g/mol. The first-order valence-corrected chi connectivity index (χ1v) is 22.3. The molecule has 70 heavy (non-hydrogen) atoms. The fourth-order valence-corrected chi connectivity index (χ4v) is 7.63. The quantitative estimate of drug-likeness (QED) is 0.0469. The smallest absolute Gasteiger partial charge is 0.333 e. The third-order valence-corrected chi connectivity index (χ3v) is 10.9. The molecule has 23 heteroatoms. The summed E-state index contributed by atoms with van der Waals surface area (Å²) in [5, 5.41) is 29.4. The number of nitrogens with two attached hydrogens (primary N) is 1. The summed E-state index contributed by atoms with van der Waals surface area (Å²) >= 11 is 0. The normalized spacial score (nSPS) is 14.2. The van der Waals surface area contributed by atoms with Crippen molar-refractivity contribution in [3.8, 4) is 11.1 Å². The number of rotatable bonds is 25. The molecule has 1 fully saturated rings. The lowest BCUT2D eigenvalue weighted by molar-refractivity contribution is -0.197. The van der Waals surface area contributed by atoms with Gasteiger partial charge in [0, 0.05) is 68.3 Å². The number of carboxylic acids is 1. The van der Waals surface area contributed by atoms with Gasteiger partial charge < -0.3 is 51.5 Å². The van der Waals surface area contributed by atoms with Crippen molar-refractivity contribution in [1.29, 1.82) is 0 Å². The first-order chi connectivity index (χ1) is 33.0. The second-order valence-electron chi connectivity index (χ2n) is 17.6. The average molecular weight is 981 g/mol. The number of aliphatic carboxylic acids is 1. The summed E-state index contributed by atoms with van der Waals surface area (Å²) in [5.74, 6) is -10.8. The van der Waals surface area contributed by atoms with Crippen molar-refractivity contribution in [3.05, 3.63) is 83.7 Å². The second-order valence-corrected chi connectivity index (χ2v) is 17.6. The molecule has 2 heterocycles. The van der Waals surface area contributed by atoms with Gasteiger partial charge in [0.15, 0.2) is 0 Å². The summed E-state index contributed by atoms with van der Waals surface area (Å²) in [4.78, 5) is 131. The van der Waals surface area contributed by atoms with Crippen molar-refractivity contribution < 1.29 is 71.8 Å². The molecule has 0 bridgehead atoms. The summed E-state index contributed by atoms with van der Waals surface area (Å²) in [6, 6.07) is 8.34. The summed E-state index contributed by atoms with van der Waals surface area (Å²) in [6.07, 6.45) is -1.05. The number of halogens is 2. The van der Waals surface area contributed by atoms with Gasteiger partial charge in [0.25, 0.3) is 11.8 Å². The first-order valence-electron chi connectivity index (χ1n) is 22.3. The molecule has 0 saturated carbocycles. The number of hydroxylamine groups is 2. The van der Waals surface area contributed by atoms with Gasteiger partial charge in [-0.25, -0.2) is 13.6 Å². The van der Waals surface area contributed by atoms with E-state index in [1.807, 2.05) is 55.7 Å². The van der Waals surface area contributed by atoms with Crippen LogP contribution in [0.25, 0.3) is 11.1 Å². The van der Waals surface area contributed by atoms with E-state index in [9.17, 15) is 62.5 Å². The van der Waals surface area contributed by atoms with Gasteiger partial charge in [-0.15, -0.1) is 5.06 Å². The lowest BCUT2D eigenvalue weighted by Crippen LogP contribution is -2.57. The van der Waals surface area contributed by atoms with Gasteiger partial charge in [-0.3, -0.25) is 43.2 Å². The van der Waals surface area contributed by atoms with Crippen LogP contribution in [0, 0.1) is 17.0 Å². The topological polar surface area (TPSA) is 306 Å². The van der Waals surface area contributed by atoms with Gasteiger partial charge in [0.1, 0.15) is 36.4 Å². The number of carbonyl (C=O) groups is 10. The Morgan fingerprint density at radius 2 is 1.49 bits per heavy atom. The molecule has 4 atom stereocenters. The summed E-state index contributed by atoms with van der Waals surface area (Å²) in [7, 11) is 0. The van der Waals surface area contributed by atoms with E-state index >= 15 is 4.39 Å². The second kappa shape index (κ2) is 25.2. The third-order valence-electron chi connectivity index (χ3n) is 10.9. The lowest BCUT2D eigenvalue weighted by atomic mass is 9.83. The number of nitrogens with one attached hydrogen (secondary N) is 4. The molecule has 1 saturated heterocycles. The number of carboxylic acid groups (broad SMARTS) is 1. The molecule has 21 nitrogen and oxygen atoms in total. The number of hydrogen-bond donors (Lipinski definition) is 7. The predicted molar refractivity (Wildman–Crippen MR) is 243 cm³/mol. The molecule has 0 spiro atoms. The van der Waals surface area contributed by atoms with Gasteiger partial charge in [0.05, 0.1) is 18.9 Å². The van der Waals surface area contributed by atoms with E-state index in [1.54, 1.807) is 12.3 Å². The van der Waals surface area contributed by atoms with Crippen molar-refractivity contribution in [2.24, 2.45) is 11.1 Å². The van der Waals surface area contributed by atoms with E-state index in [4.69, 9.17) is 10.6 Å². The highest BCUT2D eigenvalue weighted by Crippen LogP contribution is 2.41. The Hall–Kier alpha value is -7.56. The number of aromatic nitrogens is 1. The van der Waals surface area contributed by atoms with Crippen LogP contribution in [0.1, 0.15) is 96.4 Å². The zero-order chi connectivity index (χ0) is 51.9. The minimum atomic E-state index is -1.83. The molecule has 2 aromatic carbocycles. The van der Waals surface area contributed by atoms with Crippen LogP contribution in [-0.4, -0.2) is 122 Å². The number of hydrogen-bond acceptors (Lipinski definition) is 12. The number of aliphatic hydroxyl groups is 1. The zero-order valence-electron chi connectivity index (χ0n) is 39.1. The van der Waals surface area contributed by atoms with Crippen LogP contribution in [0.2, 0.25) is 0 Å². The Morgan fingerprint density at radius 3 is 2.10 bits per heavy atom. The van der Waals surface area contributed by atoms with Crippen molar-refractivity contribution in [1.82, 2.24) is 35.8 Å². The van der Waals surface area contributed by atoms with Gasteiger partial charge in [0.2, 0.25) is 35.4 Å². The molecule has 378 valence electrons. The molecular formula is C47H58F2N8O13. The van der Waals surface area contributed by atoms with Crippen LogP contribution in [0.3, 0.4) is 0 Å². The maximum atomic E-state index is 15.1. The molecule has 3 aromatic rings. The standard InChI is InChI=1S/C47H58F2N8O13/c1-27(52-37(60)12-8-13-42(66)70-57-38(61)16-17-39(57)62)44(67)53-34(23-41(64)65)46(69)54-33(22-36(50)59)45(68)51-18-9-19-56(40(63)26-58)43(47(2,3)4)35-20-29(31-21-30(48)14-15-32(31)49)25-55(35)24-28-10-6-5-7-11-28/h5-7,10-11,14-15,20-21,25,27,33-34,43,58H,8-9,12-13,16-19,22-24,26H2,1-4H3,(H2,50,59)(H,51,68)(H,52,60)(H,53,67)(H,54,69)(H,64,65)/t27-,33-,34+,43-/m0/s1. The van der Waals surface area contributed by atoms with Crippen LogP contribution in [0.5, 0.6) is 0 Å².